The number of benzene rings is 1. The molecule has 2 aromatic rings. The molecule has 0 bridgehead atoms. The second-order valence-corrected chi connectivity index (χ2v) is 6.68. The molecule has 1 heterocycles. The maximum absolute atomic E-state index is 13.3. The lowest BCUT2D eigenvalue weighted by molar-refractivity contribution is 0.583. The first-order valence-corrected chi connectivity index (χ1v) is 7.15. The fourth-order valence-corrected chi connectivity index (χ4v) is 3.49. The first-order chi connectivity index (χ1) is 8.38. The molecule has 0 spiro atoms. The van der Waals surface area contributed by atoms with Crippen LogP contribution < -0.4 is 4.72 Å². The molecule has 18 heavy (non-hydrogen) atoms. The molecule has 96 valence electrons. The SMILES string of the molecule is O=S(=O)(Nc1ccc(F)cc1F)c1cnc(Cl)s1. The molecule has 2 rings (SSSR count). The van der Waals surface area contributed by atoms with Crippen molar-refractivity contribution in [3.05, 3.63) is 40.5 Å². The summed E-state index contributed by atoms with van der Waals surface area (Å²) in [6.07, 6.45) is 1.05. The van der Waals surface area contributed by atoms with E-state index in [9.17, 15) is 17.2 Å². The maximum atomic E-state index is 13.3. The van der Waals surface area contributed by atoms with Gasteiger partial charge >= 0.3 is 0 Å². The third kappa shape index (κ3) is 2.77. The van der Waals surface area contributed by atoms with Crippen LogP contribution in [-0.4, -0.2) is 13.4 Å². The van der Waals surface area contributed by atoms with Gasteiger partial charge in [-0.3, -0.25) is 4.72 Å². The van der Waals surface area contributed by atoms with E-state index in [1.165, 1.54) is 0 Å². The Balaban J connectivity index is 2.33. The van der Waals surface area contributed by atoms with Crippen molar-refractivity contribution in [3.8, 4) is 0 Å². The van der Waals surface area contributed by atoms with Gasteiger partial charge in [-0.05, 0) is 12.1 Å². The van der Waals surface area contributed by atoms with E-state index in [2.05, 4.69) is 4.98 Å². The van der Waals surface area contributed by atoms with Crippen LogP contribution in [0.3, 0.4) is 0 Å². The average molecular weight is 311 g/mol. The van der Waals surface area contributed by atoms with Crippen LogP contribution >= 0.6 is 22.9 Å². The fourth-order valence-electron chi connectivity index (χ4n) is 1.13. The van der Waals surface area contributed by atoms with Crippen LogP contribution in [-0.2, 0) is 10.0 Å². The van der Waals surface area contributed by atoms with Gasteiger partial charge in [-0.1, -0.05) is 22.9 Å². The van der Waals surface area contributed by atoms with Gasteiger partial charge in [-0.25, -0.2) is 22.2 Å². The van der Waals surface area contributed by atoms with Gasteiger partial charge in [0.15, 0.2) is 8.68 Å². The van der Waals surface area contributed by atoms with Gasteiger partial charge in [0, 0.05) is 6.07 Å². The Morgan fingerprint density at radius 2 is 2.06 bits per heavy atom. The van der Waals surface area contributed by atoms with Gasteiger partial charge in [-0.15, -0.1) is 0 Å². The summed E-state index contributed by atoms with van der Waals surface area (Å²) >= 11 is 6.24. The minimum absolute atomic E-state index is 0.0509. The molecule has 0 unspecified atom stereocenters. The summed E-state index contributed by atoms with van der Waals surface area (Å²) in [6.45, 7) is 0. The third-order valence-electron chi connectivity index (χ3n) is 1.90. The number of rotatable bonds is 3. The van der Waals surface area contributed by atoms with E-state index in [1.54, 1.807) is 0 Å². The summed E-state index contributed by atoms with van der Waals surface area (Å²) in [5.74, 6) is -1.80. The summed E-state index contributed by atoms with van der Waals surface area (Å²) < 4.78 is 51.4. The summed E-state index contributed by atoms with van der Waals surface area (Å²) in [5, 5.41) is 0. The lowest BCUT2D eigenvalue weighted by Crippen LogP contribution is -2.12. The molecule has 0 aliphatic rings. The number of anilines is 1. The Morgan fingerprint density at radius 3 is 2.61 bits per heavy atom. The van der Waals surface area contributed by atoms with E-state index in [0.717, 1.165) is 29.7 Å². The molecular formula is C9H5ClF2N2O2S2. The molecular weight excluding hydrogens is 306 g/mol. The Hall–Kier alpha value is -1.25. The lowest BCUT2D eigenvalue weighted by atomic mass is 10.3. The van der Waals surface area contributed by atoms with Gasteiger partial charge < -0.3 is 0 Å². The van der Waals surface area contributed by atoms with Crippen molar-refractivity contribution in [2.75, 3.05) is 4.72 Å². The van der Waals surface area contributed by atoms with Crippen molar-refractivity contribution in [1.29, 1.82) is 0 Å². The first-order valence-electron chi connectivity index (χ1n) is 4.48. The zero-order chi connectivity index (χ0) is 13.3. The van der Waals surface area contributed by atoms with Crippen molar-refractivity contribution in [1.82, 2.24) is 4.98 Å². The van der Waals surface area contributed by atoms with Gasteiger partial charge in [0.25, 0.3) is 10.0 Å². The second-order valence-electron chi connectivity index (χ2n) is 3.16. The van der Waals surface area contributed by atoms with Crippen LogP contribution in [0.15, 0.2) is 28.6 Å². The minimum atomic E-state index is -3.97. The highest BCUT2D eigenvalue weighted by molar-refractivity contribution is 7.94. The fraction of sp³-hybridized carbons (Fsp3) is 0. The van der Waals surface area contributed by atoms with E-state index in [-0.39, 0.29) is 14.4 Å². The molecule has 1 aromatic carbocycles. The zero-order valence-electron chi connectivity index (χ0n) is 8.52. The Morgan fingerprint density at radius 1 is 1.33 bits per heavy atom. The smallest absolute Gasteiger partial charge is 0.273 e. The van der Waals surface area contributed by atoms with Crippen molar-refractivity contribution in [2.24, 2.45) is 0 Å². The van der Waals surface area contributed by atoms with Crippen LogP contribution in [0.4, 0.5) is 14.5 Å². The van der Waals surface area contributed by atoms with E-state index < -0.39 is 21.7 Å². The predicted molar refractivity (Wildman–Crippen MR) is 64.3 cm³/mol. The number of thiazole rings is 1. The summed E-state index contributed by atoms with van der Waals surface area (Å²) in [7, 11) is -3.97. The second kappa shape index (κ2) is 4.79. The maximum Gasteiger partial charge on any atom is 0.273 e. The van der Waals surface area contributed by atoms with E-state index in [4.69, 9.17) is 11.6 Å². The molecule has 0 fully saturated rings. The van der Waals surface area contributed by atoms with Crippen LogP contribution in [0.25, 0.3) is 0 Å². The van der Waals surface area contributed by atoms with E-state index in [1.807, 2.05) is 4.72 Å². The molecule has 0 aliphatic heterocycles. The highest BCUT2D eigenvalue weighted by Gasteiger charge is 2.19. The van der Waals surface area contributed by atoms with Crippen LogP contribution in [0.5, 0.6) is 0 Å². The topological polar surface area (TPSA) is 59.1 Å². The largest absolute Gasteiger partial charge is 0.276 e. The van der Waals surface area contributed by atoms with Crippen molar-refractivity contribution in [2.45, 2.75) is 4.21 Å². The minimum Gasteiger partial charge on any atom is -0.276 e. The number of hydrogen-bond donors (Lipinski definition) is 1. The Bertz CT molecular complexity index is 688. The molecule has 0 amide bonds. The third-order valence-corrected chi connectivity index (χ3v) is 4.84. The van der Waals surface area contributed by atoms with Gasteiger partial charge in [0.2, 0.25) is 0 Å². The summed E-state index contributed by atoms with van der Waals surface area (Å²) in [5.41, 5.74) is -0.346. The molecule has 4 nitrogen and oxygen atoms in total. The molecule has 9 heteroatoms. The molecule has 1 aromatic heterocycles. The van der Waals surface area contributed by atoms with Gasteiger partial charge in [0.05, 0.1) is 11.9 Å². The van der Waals surface area contributed by atoms with Crippen molar-refractivity contribution < 1.29 is 17.2 Å². The predicted octanol–water partition coefficient (Wildman–Crippen LogP) is 2.88. The molecule has 0 saturated heterocycles. The Kier molecular flexibility index (Phi) is 3.51. The summed E-state index contributed by atoms with van der Waals surface area (Å²) in [6, 6.07) is 2.52. The van der Waals surface area contributed by atoms with Crippen LogP contribution in [0, 0.1) is 11.6 Å². The molecule has 0 saturated carbocycles. The number of hydrogen-bond acceptors (Lipinski definition) is 4. The molecule has 0 atom stereocenters. The van der Waals surface area contributed by atoms with Crippen LogP contribution in [0.1, 0.15) is 0 Å². The van der Waals surface area contributed by atoms with Crippen LogP contribution in [0.2, 0.25) is 4.47 Å². The first kappa shape index (κ1) is 13.2. The zero-order valence-corrected chi connectivity index (χ0v) is 10.9. The highest BCUT2D eigenvalue weighted by atomic mass is 35.5. The number of nitrogens with one attached hydrogen (secondary N) is 1. The number of halogens is 3. The average Bonchev–Trinajstić information content (AvgIpc) is 2.70. The standard InChI is InChI=1S/C9H5ClF2N2O2S2/c10-9-13-4-8(17-9)18(15,16)14-7-2-1-5(11)3-6(7)12/h1-4,14H. The quantitative estimate of drug-likeness (QED) is 0.948. The van der Waals surface area contributed by atoms with Gasteiger partial charge in [-0.2, -0.15) is 0 Å². The van der Waals surface area contributed by atoms with Crippen molar-refractivity contribution >= 4 is 38.6 Å². The number of nitrogens with zero attached hydrogens (tertiary/aromatic N) is 1. The monoisotopic (exact) mass is 310 g/mol. The molecule has 0 radical (unpaired) electrons. The van der Waals surface area contributed by atoms with E-state index in [0.29, 0.717) is 6.07 Å². The normalized spacial score (nSPS) is 11.5. The molecule has 1 N–H and O–H groups in total. The molecule has 0 aliphatic carbocycles. The number of sulfonamides is 1. The number of aromatic nitrogens is 1. The summed E-state index contributed by atoms with van der Waals surface area (Å²) in [4.78, 5) is 3.57. The lowest BCUT2D eigenvalue weighted by Gasteiger charge is -2.06. The van der Waals surface area contributed by atoms with E-state index >= 15 is 0 Å². The van der Waals surface area contributed by atoms with Crippen molar-refractivity contribution in [3.63, 3.8) is 0 Å². The Labute approximate surface area is 110 Å². The van der Waals surface area contributed by atoms with Gasteiger partial charge in [0.1, 0.15) is 11.6 Å². The highest BCUT2D eigenvalue weighted by Crippen LogP contribution is 2.25.